The molecule has 0 aliphatic heterocycles. The molecule has 2 N–H and O–H groups in total. The van der Waals surface area contributed by atoms with Gasteiger partial charge in [-0.2, -0.15) is 0 Å². The first-order valence-corrected chi connectivity index (χ1v) is 11.4. The Morgan fingerprint density at radius 1 is 1.21 bits per heavy atom. The Morgan fingerprint density at radius 3 is 2.59 bits per heavy atom. The van der Waals surface area contributed by atoms with Crippen LogP contribution in [0.5, 0.6) is 0 Å². The van der Waals surface area contributed by atoms with E-state index < -0.39 is 0 Å². The number of benzene rings is 1. The van der Waals surface area contributed by atoms with E-state index in [-0.39, 0.29) is 17.9 Å². The zero-order chi connectivity index (χ0) is 21.0. The standard InChI is InChI=1S/C22H36N4O2S/c1-26(2)20(27)17-24-21(23-14-16-29-19-9-5-4-6-10-19)25-18-22(13-15-28-3)11-7-8-12-22/h4-6,9-10H,7-8,11-18H2,1-3H3,(H2,23,24,25). The number of hydrogen-bond acceptors (Lipinski definition) is 4. The summed E-state index contributed by atoms with van der Waals surface area (Å²) in [7, 11) is 5.28. The molecule has 1 aliphatic rings. The molecule has 1 aliphatic carbocycles. The van der Waals surface area contributed by atoms with Crippen molar-refractivity contribution in [3.05, 3.63) is 30.3 Å². The van der Waals surface area contributed by atoms with E-state index in [2.05, 4.69) is 39.9 Å². The van der Waals surface area contributed by atoms with Crippen molar-refractivity contribution in [3.8, 4) is 0 Å². The molecule has 0 atom stereocenters. The van der Waals surface area contributed by atoms with Crippen LogP contribution in [-0.2, 0) is 9.53 Å². The predicted octanol–water partition coefficient (Wildman–Crippen LogP) is 3.00. The molecule has 0 spiro atoms. The van der Waals surface area contributed by atoms with Gasteiger partial charge < -0.3 is 20.3 Å². The number of nitrogens with one attached hydrogen (secondary N) is 2. The van der Waals surface area contributed by atoms with Crippen LogP contribution in [-0.4, -0.2) is 70.0 Å². The van der Waals surface area contributed by atoms with Crippen molar-refractivity contribution in [2.24, 2.45) is 10.4 Å². The van der Waals surface area contributed by atoms with E-state index in [0.717, 1.165) is 37.8 Å². The third kappa shape index (κ3) is 8.66. The fourth-order valence-corrected chi connectivity index (χ4v) is 4.34. The Hall–Kier alpha value is -1.73. The molecule has 7 heteroatoms. The molecule has 0 aromatic heterocycles. The lowest BCUT2D eigenvalue weighted by molar-refractivity contribution is -0.127. The van der Waals surface area contributed by atoms with Gasteiger partial charge in [-0.3, -0.25) is 4.79 Å². The van der Waals surface area contributed by atoms with Gasteiger partial charge in [0.25, 0.3) is 0 Å². The van der Waals surface area contributed by atoms with E-state index in [4.69, 9.17) is 4.74 Å². The molecular weight excluding hydrogens is 384 g/mol. The average Bonchev–Trinajstić information content (AvgIpc) is 3.20. The largest absolute Gasteiger partial charge is 0.385 e. The van der Waals surface area contributed by atoms with Gasteiger partial charge in [-0.05, 0) is 36.8 Å². The number of carbonyl (C=O) groups is 1. The van der Waals surface area contributed by atoms with E-state index >= 15 is 0 Å². The third-order valence-electron chi connectivity index (χ3n) is 5.41. The molecule has 1 saturated carbocycles. The van der Waals surface area contributed by atoms with Crippen LogP contribution in [0.4, 0.5) is 0 Å². The average molecular weight is 421 g/mol. The zero-order valence-electron chi connectivity index (χ0n) is 18.1. The van der Waals surface area contributed by atoms with Crippen LogP contribution in [0, 0.1) is 5.41 Å². The summed E-state index contributed by atoms with van der Waals surface area (Å²) in [5.41, 5.74) is 0.267. The van der Waals surface area contributed by atoms with Crippen LogP contribution < -0.4 is 10.6 Å². The molecule has 29 heavy (non-hydrogen) atoms. The lowest BCUT2D eigenvalue weighted by Gasteiger charge is -2.30. The number of hydrogen-bond donors (Lipinski definition) is 2. The minimum Gasteiger partial charge on any atom is -0.385 e. The Morgan fingerprint density at radius 2 is 1.93 bits per heavy atom. The van der Waals surface area contributed by atoms with Gasteiger partial charge in [-0.25, -0.2) is 4.99 Å². The third-order valence-corrected chi connectivity index (χ3v) is 6.42. The molecule has 2 rings (SSSR count). The lowest BCUT2D eigenvalue weighted by Crippen LogP contribution is -2.44. The van der Waals surface area contributed by atoms with Gasteiger partial charge in [-0.1, -0.05) is 31.0 Å². The van der Waals surface area contributed by atoms with E-state index in [9.17, 15) is 4.79 Å². The quantitative estimate of drug-likeness (QED) is 0.249. The summed E-state index contributed by atoms with van der Waals surface area (Å²) in [5.74, 6) is 1.65. The fourth-order valence-electron chi connectivity index (χ4n) is 3.55. The highest BCUT2D eigenvalue weighted by molar-refractivity contribution is 7.99. The minimum absolute atomic E-state index is 0.000256. The van der Waals surface area contributed by atoms with Crippen LogP contribution in [0.15, 0.2) is 40.2 Å². The molecule has 0 unspecified atom stereocenters. The Labute approximate surface area is 179 Å². The van der Waals surface area contributed by atoms with Gasteiger partial charge in [0.1, 0.15) is 6.54 Å². The fraction of sp³-hybridized carbons (Fsp3) is 0.636. The summed E-state index contributed by atoms with van der Waals surface area (Å²) in [5, 5.41) is 6.91. The maximum absolute atomic E-state index is 12.0. The maximum atomic E-state index is 12.0. The van der Waals surface area contributed by atoms with Gasteiger partial charge in [-0.15, -0.1) is 11.8 Å². The predicted molar refractivity (Wildman–Crippen MR) is 122 cm³/mol. The summed E-state index contributed by atoms with van der Waals surface area (Å²) in [6.45, 7) is 2.59. The van der Waals surface area contributed by atoms with Crippen LogP contribution in [0.25, 0.3) is 0 Å². The molecule has 1 aromatic rings. The summed E-state index contributed by atoms with van der Waals surface area (Å²) in [4.78, 5) is 19.3. The summed E-state index contributed by atoms with van der Waals surface area (Å²) in [6, 6.07) is 10.4. The number of nitrogens with zero attached hydrogens (tertiary/aromatic N) is 2. The van der Waals surface area contributed by atoms with E-state index in [1.54, 1.807) is 26.1 Å². The second-order valence-corrected chi connectivity index (χ2v) is 9.01. The summed E-state index contributed by atoms with van der Waals surface area (Å²) < 4.78 is 5.34. The minimum atomic E-state index is -0.000256. The number of ether oxygens (including phenoxy) is 1. The molecule has 0 heterocycles. The van der Waals surface area contributed by atoms with Gasteiger partial charge in [0.2, 0.25) is 5.91 Å². The molecular formula is C22H36N4O2S. The molecule has 1 aromatic carbocycles. The Balaban J connectivity index is 1.89. The first-order chi connectivity index (χ1) is 14.0. The number of thioether (sulfide) groups is 1. The molecule has 6 nitrogen and oxygen atoms in total. The molecule has 0 saturated heterocycles. The number of rotatable bonds is 11. The van der Waals surface area contributed by atoms with Crippen molar-refractivity contribution in [2.45, 2.75) is 37.0 Å². The lowest BCUT2D eigenvalue weighted by atomic mass is 9.83. The maximum Gasteiger partial charge on any atom is 0.243 e. The number of guanidine groups is 1. The van der Waals surface area contributed by atoms with Gasteiger partial charge in [0.15, 0.2) is 5.96 Å². The van der Waals surface area contributed by atoms with Crippen molar-refractivity contribution >= 4 is 23.6 Å². The number of methoxy groups -OCH3 is 1. The summed E-state index contributed by atoms with van der Waals surface area (Å²) in [6.07, 6.45) is 6.05. The molecule has 1 amide bonds. The first kappa shape index (κ1) is 23.5. The van der Waals surface area contributed by atoms with Gasteiger partial charge in [0.05, 0.1) is 0 Å². The highest BCUT2D eigenvalue weighted by atomic mass is 32.2. The molecule has 0 radical (unpaired) electrons. The Bertz CT molecular complexity index is 631. The van der Waals surface area contributed by atoms with E-state index in [1.165, 1.54) is 30.6 Å². The normalized spacial score (nSPS) is 15.9. The van der Waals surface area contributed by atoms with Crippen LogP contribution in [0.1, 0.15) is 32.1 Å². The van der Waals surface area contributed by atoms with Crippen molar-refractivity contribution in [1.29, 1.82) is 0 Å². The second-order valence-electron chi connectivity index (χ2n) is 7.84. The molecule has 162 valence electrons. The summed E-state index contributed by atoms with van der Waals surface area (Å²) >= 11 is 1.81. The number of aliphatic imine (C=N–C) groups is 1. The van der Waals surface area contributed by atoms with Crippen molar-refractivity contribution in [1.82, 2.24) is 15.5 Å². The van der Waals surface area contributed by atoms with Gasteiger partial charge >= 0.3 is 0 Å². The molecule has 0 bridgehead atoms. The van der Waals surface area contributed by atoms with Crippen LogP contribution >= 0.6 is 11.8 Å². The topological polar surface area (TPSA) is 66.0 Å². The monoisotopic (exact) mass is 420 g/mol. The highest BCUT2D eigenvalue weighted by Gasteiger charge is 2.33. The molecule has 1 fully saturated rings. The van der Waals surface area contributed by atoms with E-state index in [1.807, 2.05) is 17.8 Å². The second kappa shape index (κ2) is 12.8. The van der Waals surface area contributed by atoms with Crippen LogP contribution in [0.3, 0.4) is 0 Å². The number of likely N-dealkylation sites (N-methyl/N-ethyl adjacent to an activating group) is 1. The van der Waals surface area contributed by atoms with Crippen molar-refractivity contribution in [3.63, 3.8) is 0 Å². The first-order valence-electron chi connectivity index (χ1n) is 10.4. The smallest absolute Gasteiger partial charge is 0.243 e. The zero-order valence-corrected chi connectivity index (χ0v) is 18.9. The number of amides is 1. The van der Waals surface area contributed by atoms with Crippen molar-refractivity contribution < 1.29 is 9.53 Å². The Kier molecular flexibility index (Phi) is 10.4. The van der Waals surface area contributed by atoms with Gasteiger partial charge in [0, 0.05) is 51.5 Å². The number of carbonyl (C=O) groups excluding carboxylic acids is 1. The SMILES string of the molecule is COCCC1(CNC(=NCC(=O)N(C)C)NCCSc2ccccc2)CCCC1. The van der Waals surface area contributed by atoms with E-state index in [0.29, 0.717) is 0 Å². The van der Waals surface area contributed by atoms with Crippen molar-refractivity contribution in [2.75, 3.05) is 53.2 Å². The highest BCUT2D eigenvalue weighted by Crippen LogP contribution is 2.40. The van der Waals surface area contributed by atoms with Crippen LogP contribution in [0.2, 0.25) is 0 Å².